The van der Waals surface area contributed by atoms with Crippen LogP contribution in [-0.2, 0) is 22.6 Å². The Kier molecular flexibility index (Phi) is 6.50. The van der Waals surface area contributed by atoms with Gasteiger partial charge in [0.2, 0.25) is 0 Å². The summed E-state index contributed by atoms with van der Waals surface area (Å²) < 4.78 is 5.28. The van der Waals surface area contributed by atoms with Gasteiger partial charge >= 0.3 is 6.09 Å². The SMILES string of the molecule is O=C(N[C@@H](Cc1ccccc1)C(=O)C1=CCCS1)OCc1ccccc1. The van der Waals surface area contributed by atoms with Crippen molar-refractivity contribution in [2.75, 3.05) is 5.75 Å². The number of ketones is 1. The zero-order chi connectivity index (χ0) is 18.2. The summed E-state index contributed by atoms with van der Waals surface area (Å²) in [5.74, 6) is 0.866. The van der Waals surface area contributed by atoms with Crippen LogP contribution in [0, 0.1) is 0 Å². The first kappa shape index (κ1) is 18.3. The number of Topliss-reactive ketones (excluding diaryl/α,β-unsaturated/α-hetero) is 1. The first-order valence-electron chi connectivity index (χ1n) is 8.60. The van der Waals surface area contributed by atoms with E-state index in [1.807, 2.05) is 66.7 Å². The molecular formula is C21H21NO3S. The summed E-state index contributed by atoms with van der Waals surface area (Å²) in [6.07, 6.45) is 2.70. The minimum Gasteiger partial charge on any atom is -0.445 e. The van der Waals surface area contributed by atoms with Crippen LogP contribution in [0.3, 0.4) is 0 Å². The van der Waals surface area contributed by atoms with E-state index in [1.54, 1.807) is 11.8 Å². The maximum atomic E-state index is 12.8. The lowest BCUT2D eigenvalue weighted by Gasteiger charge is -2.18. The van der Waals surface area contributed by atoms with E-state index in [2.05, 4.69) is 5.32 Å². The second-order valence-corrected chi connectivity index (χ2v) is 7.15. The molecule has 2 aromatic rings. The summed E-state index contributed by atoms with van der Waals surface area (Å²) in [4.78, 5) is 25.8. The molecule has 1 aliphatic heterocycles. The lowest BCUT2D eigenvalue weighted by atomic mass is 10.0. The first-order chi connectivity index (χ1) is 12.7. The average Bonchev–Trinajstić information content (AvgIpc) is 3.22. The summed E-state index contributed by atoms with van der Waals surface area (Å²) in [6.45, 7) is 0.177. The summed E-state index contributed by atoms with van der Waals surface area (Å²) >= 11 is 1.55. The van der Waals surface area contributed by atoms with Gasteiger partial charge in [0.05, 0.1) is 0 Å². The molecule has 1 aliphatic rings. The third-order valence-corrected chi connectivity index (χ3v) is 5.17. The fourth-order valence-electron chi connectivity index (χ4n) is 2.73. The normalized spacial score (nSPS) is 14.4. The minimum atomic E-state index is -0.627. The molecule has 0 saturated carbocycles. The number of rotatable bonds is 7. The van der Waals surface area contributed by atoms with Crippen LogP contribution in [0.2, 0.25) is 0 Å². The van der Waals surface area contributed by atoms with Gasteiger partial charge in [0, 0.05) is 17.1 Å². The molecule has 1 heterocycles. The van der Waals surface area contributed by atoms with Gasteiger partial charge in [-0.15, -0.1) is 11.8 Å². The molecule has 0 fully saturated rings. The van der Waals surface area contributed by atoms with Gasteiger partial charge in [0.25, 0.3) is 0 Å². The summed E-state index contributed by atoms with van der Waals surface area (Å²) in [7, 11) is 0. The van der Waals surface area contributed by atoms with Crippen LogP contribution in [0.4, 0.5) is 4.79 Å². The fraction of sp³-hybridized carbons (Fsp3) is 0.238. The third kappa shape index (κ3) is 5.23. The Labute approximate surface area is 157 Å². The highest BCUT2D eigenvalue weighted by Gasteiger charge is 2.26. The Morgan fingerprint density at radius 3 is 2.27 bits per heavy atom. The second kappa shape index (κ2) is 9.25. The number of ether oxygens (including phenoxy) is 1. The van der Waals surface area contributed by atoms with E-state index >= 15 is 0 Å². The van der Waals surface area contributed by atoms with Crippen molar-refractivity contribution in [2.45, 2.75) is 25.5 Å². The molecule has 0 aliphatic carbocycles. The Balaban J connectivity index is 1.64. The van der Waals surface area contributed by atoms with E-state index in [4.69, 9.17) is 4.74 Å². The Morgan fingerprint density at radius 1 is 1.00 bits per heavy atom. The Morgan fingerprint density at radius 2 is 1.65 bits per heavy atom. The van der Waals surface area contributed by atoms with Gasteiger partial charge < -0.3 is 10.1 Å². The van der Waals surface area contributed by atoms with Gasteiger partial charge in [0.1, 0.15) is 12.6 Å². The van der Waals surface area contributed by atoms with E-state index in [0.29, 0.717) is 6.42 Å². The molecule has 4 nitrogen and oxygen atoms in total. The monoisotopic (exact) mass is 367 g/mol. The number of alkyl carbamates (subject to hydrolysis) is 1. The highest BCUT2D eigenvalue weighted by molar-refractivity contribution is 8.04. The highest BCUT2D eigenvalue weighted by atomic mass is 32.2. The largest absolute Gasteiger partial charge is 0.445 e. The van der Waals surface area contributed by atoms with Gasteiger partial charge in [-0.1, -0.05) is 66.7 Å². The smallest absolute Gasteiger partial charge is 0.408 e. The Bertz CT molecular complexity index is 774. The number of allylic oxidation sites excluding steroid dienone is 1. The second-order valence-electron chi connectivity index (χ2n) is 6.02. The number of hydrogen-bond acceptors (Lipinski definition) is 4. The van der Waals surface area contributed by atoms with Gasteiger partial charge in [-0.3, -0.25) is 4.79 Å². The predicted octanol–water partition coefficient (Wildman–Crippen LogP) is 4.11. The van der Waals surface area contributed by atoms with Gasteiger partial charge in [-0.25, -0.2) is 4.79 Å². The molecule has 1 N–H and O–H groups in total. The molecule has 1 amide bonds. The fourth-order valence-corrected chi connectivity index (χ4v) is 3.70. The predicted molar refractivity (Wildman–Crippen MR) is 104 cm³/mol. The van der Waals surface area contributed by atoms with Gasteiger partial charge in [0.15, 0.2) is 5.78 Å². The van der Waals surface area contributed by atoms with Crippen molar-refractivity contribution in [2.24, 2.45) is 0 Å². The van der Waals surface area contributed by atoms with E-state index < -0.39 is 12.1 Å². The maximum absolute atomic E-state index is 12.8. The molecule has 0 aromatic heterocycles. The van der Waals surface area contributed by atoms with Crippen LogP contribution in [0.15, 0.2) is 71.6 Å². The zero-order valence-corrected chi connectivity index (χ0v) is 15.2. The molecule has 2 aromatic carbocycles. The number of carbonyl (C=O) groups excluding carboxylic acids is 2. The van der Waals surface area contributed by atoms with Crippen LogP contribution < -0.4 is 5.32 Å². The first-order valence-corrected chi connectivity index (χ1v) is 9.59. The summed E-state index contributed by atoms with van der Waals surface area (Å²) in [6, 6.07) is 18.5. The van der Waals surface area contributed by atoms with Crippen LogP contribution in [-0.4, -0.2) is 23.7 Å². The van der Waals surface area contributed by atoms with Crippen molar-refractivity contribution in [3.05, 3.63) is 82.8 Å². The van der Waals surface area contributed by atoms with Crippen molar-refractivity contribution in [3.63, 3.8) is 0 Å². The van der Waals surface area contributed by atoms with Crippen LogP contribution in [0.1, 0.15) is 17.5 Å². The molecule has 26 heavy (non-hydrogen) atoms. The average molecular weight is 367 g/mol. The van der Waals surface area contributed by atoms with E-state index in [1.165, 1.54) is 0 Å². The number of benzene rings is 2. The molecule has 0 unspecified atom stereocenters. The quantitative estimate of drug-likeness (QED) is 0.800. The van der Waals surface area contributed by atoms with Crippen molar-refractivity contribution in [3.8, 4) is 0 Å². The number of thioether (sulfide) groups is 1. The number of nitrogens with one attached hydrogen (secondary N) is 1. The van der Waals surface area contributed by atoms with Crippen LogP contribution >= 0.6 is 11.8 Å². The van der Waals surface area contributed by atoms with Crippen molar-refractivity contribution < 1.29 is 14.3 Å². The zero-order valence-electron chi connectivity index (χ0n) is 14.4. The molecule has 0 radical (unpaired) electrons. The number of hydrogen-bond donors (Lipinski definition) is 1. The lowest BCUT2D eigenvalue weighted by molar-refractivity contribution is -0.116. The van der Waals surface area contributed by atoms with Crippen molar-refractivity contribution >= 4 is 23.6 Å². The molecule has 3 rings (SSSR count). The van der Waals surface area contributed by atoms with Crippen LogP contribution in [0.5, 0.6) is 0 Å². The minimum absolute atomic E-state index is 0.0481. The molecule has 0 spiro atoms. The molecule has 5 heteroatoms. The summed E-state index contributed by atoms with van der Waals surface area (Å²) in [5, 5.41) is 2.75. The third-order valence-electron chi connectivity index (χ3n) is 4.05. The number of amides is 1. The van der Waals surface area contributed by atoms with Gasteiger partial charge in [-0.05, 0) is 17.5 Å². The Hall–Kier alpha value is -2.53. The van der Waals surface area contributed by atoms with E-state index in [-0.39, 0.29) is 12.4 Å². The number of carbonyl (C=O) groups is 2. The maximum Gasteiger partial charge on any atom is 0.408 e. The highest BCUT2D eigenvalue weighted by Crippen LogP contribution is 2.27. The van der Waals surface area contributed by atoms with Crippen LogP contribution in [0.25, 0.3) is 0 Å². The molecule has 134 valence electrons. The standard InChI is InChI=1S/C21H21NO3S/c23-20(19-12-7-13-26-19)18(14-16-8-3-1-4-9-16)22-21(24)25-15-17-10-5-2-6-11-17/h1-6,8-12,18H,7,13-15H2,(H,22,24)/t18-/m0/s1. The topological polar surface area (TPSA) is 55.4 Å². The molecule has 0 saturated heterocycles. The van der Waals surface area contributed by atoms with E-state index in [9.17, 15) is 9.59 Å². The van der Waals surface area contributed by atoms with Crippen molar-refractivity contribution in [1.29, 1.82) is 0 Å². The van der Waals surface area contributed by atoms with Crippen molar-refractivity contribution in [1.82, 2.24) is 5.32 Å². The lowest BCUT2D eigenvalue weighted by Crippen LogP contribution is -2.42. The molecule has 0 bridgehead atoms. The molecular weight excluding hydrogens is 346 g/mol. The van der Waals surface area contributed by atoms with Gasteiger partial charge in [-0.2, -0.15) is 0 Å². The summed E-state index contributed by atoms with van der Waals surface area (Å²) in [5.41, 5.74) is 1.90. The molecule has 1 atom stereocenters. The van der Waals surface area contributed by atoms with E-state index in [0.717, 1.165) is 28.2 Å².